The molecule has 0 radical (unpaired) electrons. The number of methoxy groups -OCH3 is 1. The molecule has 0 amide bonds. The van der Waals surface area contributed by atoms with Crippen molar-refractivity contribution in [3.63, 3.8) is 0 Å². The topological polar surface area (TPSA) is 112 Å². The third-order valence-corrected chi connectivity index (χ3v) is 5.76. The van der Waals surface area contributed by atoms with Gasteiger partial charge in [-0.1, -0.05) is 30.3 Å². The van der Waals surface area contributed by atoms with Crippen LogP contribution >= 0.6 is 0 Å². The summed E-state index contributed by atoms with van der Waals surface area (Å²) in [6.07, 6.45) is 11.2. The van der Waals surface area contributed by atoms with E-state index in [4.69, 9.17) is 4.74 Å². The third kappa shape index (κ3) is 4.26. The molecule has 0 bridgehead atoms. The molecule has 4 heterocycles. The number of para-hydroxylation sites is 1. The van der Waals surface area contributed by atoms with E-state index in [1.807, 2.05) is 61.7 Å². The summed E-state index contributed by atoms with van der Waals surface area (Å²) < 4.78 is 9.41. The summed E-state index contributed by atoms with van der Waals surface area (Å²) in [6.45, 7) is 2.11. The van der Waals surface area contributed by atoms with Crippen LogP contribution in [0.2, 0.25) is 0 Å². The average molecular weight is 483 g/mol. The van der Waals surface area contributed by atoms with Crippen LogP contribution in [0.4, 0.5) is 5.82 Å². The highest BCUT2D eigenvalue weighted by Crippen LogP contribution is 2.40. The van der Waals surface area contributed by atoms with Crippen molar-refractivity contribution in [3.05, 3.63) is 67.3 Å². The molecular formula is C25H26N10O. The van der Waals surface area contributed by atoms with Gasteiger partial charge in [-0.2, -0.15) is 0 Å². The molecule has 182 valence electrons. The maximum atomic E-state index is 5.55. The number of nitrogens with zero attached hydrogens (tertiary/aromatic N) is 10. The van der Waals surface area contributed by atoms with E-state index in [-0.39, 0.29) is 6.04 Å². The van der Waals surface area contributed by atoms with Crippen LogP contribution in [0.5, 0.6) is 5.88 Å². The van der Waals surface area contributed by atoms with Gasteiger partial charge in [0, 0.05) is 32.1 Å². The van der Waals surface area contributed by atoms with E-state index in [9.17, 15) is 0 Å². The van der Waals surface area contributed by atoms with Gasteiger partial charge in [-0.25, -0.2) is 29.6 Å². The molecule has 36 heavy (non-hydrogen) atoms. The molecule has 5 aromatic rings. The lowest BCUT2D eigenvalue weighted by molar-refractivity contribution is 0.398. The number of fused-ring (bicyclic) bond motifs is 1. The summed E-state index contributed by atoms with van der Waals surface area (Å²) in [5, 5.41) is 9.65. The van der Waals surface area contributed by atoms with Gasteiger partial charge in [-0.15, -0.1) is 5.10 Å². The number of aliphatic imine (C=N–C) groups is 1. The Hall–Kier alpha value is -4.67. The van der Waals surface area contributed by atoms with Crippen molar-refractivity contribution in [1.82, 2.24) is 44.4 Å². The molecule has 0 saturated carbocycles. The largest absolute Gasteiger partial charge is 0.480 e. The zero-order valence-electron chi connectivity index (χ0n) is 20.5. The minimum atomic E-state index is -0.130. The second-order valence-corrected chi connectivity index (χ2v) is 8.35. The van der Waals surface area contributed by atoms with Crippen molar-refractivity contribution in [2.75, 3.05) is 21.2 Å². The zero-order valence-corrected chi connectivity index (χ0v) is 20.5. The average Bonchev–Trinajstić information content (AvgIpc) is 3.55. The predicted octanol–water partition coefficient (Wildman–Crippen LogP) is 3.70. The van der Waals surface area contributed by atoms with Crippen LogP contribution in [0.3, 0.4) is 0 Å². The molecule has 4 aromatic heterocycles. The Morgan fingerprint density at radius 1 is 1.06 bits per heavy atom. The van der Waals surface area contributed by atoms with Gasteiger partial charge < -0.3 is 14.2 Å². The lowest BCUT2D eigenvalue weighted by atomic mass is 10.1. The smallest absolute Gasteiger partial charge is 0.224 e. The summed E-state index contributed by atoms with van der Waals surface area (Å²) in [6, 6.07) is 9.78. The van der Waals surface area contributed by atoms with Crippen LogP contribution in [0.1, 0.15) is 25.1 Å². The number of aromatic nitrogens is 8. The van der Waals surface area contributed by atoms with E-state index >= 15 is 0 Å². The van der Waals surface area contributed by atoms with Crippen molar-refractivity contribution in [1.29, 1.82) is 0 Å². The van der Waals surface area contributed by atoms with Crippen LogP contribution in [0.15, 0.2) is 66.6 Å². The van der Waals surface area contributed by atoms with Gasteiger partial charge in [0.1, 0.15) is 24.0 Å². The molecule has 11 nitrogen and oxygen atoms in total. The Morgan fingerprint density at radius 3 is 2.64 bits per heavy atom. The fourth-order valence-electron chi connectivity index (χ4n) is 4.13. The van der Waals surface area contributed by atoms with Crippen LogP contribution in [-0.2, 0) is 0 Å². The highest BCUT2D eigenvalue weighted by Gasteiger charge is 2.25. The van der Waals surface area contributed by atoms with Crippen molar-refractivity contribution < 1.29 is 4.74 Å². The number of hydrogen-bond acceptors (Lipinski definition) is 8. The standard InChI is InChI=1S/C25H26N10O/c1-5-21(20-13-35(32-31-20)17-9-7-6-8-10-17)34-12-19(18-11-26-14-29-25(18)36-4)22-23(30-16-33(2)3)27-15-28-24(22)34/h6-16,21H,5H2,1-4H3/b30-16+. The number of rotatable bonds is 8. The fraction of sp³-hybridized carbons (Fsp3) is 0.240. The minimum Gasteiger partial charge on any atom is -0.480 e. The molecule has 0 fully saturated rings. The number of hydrogen-bond donors (Lipinski definition) is 0. The number of benzene rings is 1. The maximum Gasteiger partial charge on any atom is 0.224 e. The summed E-state index contributed by atoms with van der Waals surface area (Å²) in [7, 11) is 5.40. The first-order chi connectivity index (χ1) is 17.6. The van der Waals surface area contributed by atoms with Crippen LogP contribution < -0.4 is 4.74 Å². The van der Waals surface area contributed by atoms with E-state index in [1.165, 1.54) is 12.7 Å². The molecule has 1 atom stereocenters. The zero-order chi connectivity index (χ0) is 25.1. The second-order valence-electron chi connectivity index (χ2n) is 8.35. The molecule has 0 spiro atoms. The summed E-state index contributed by atoms with van der Waals surface area (Å²) in [5.74, 6) is 0.995. The molecule has 0 aliphatic carbocycles. The first-order valence-corrected chi connectivity index (χ1v) is 11.5. The van der Waals surface area contributed by atoms with Crippen molar-refractivity contribution in [2.45, 2.75) is 19.4 Å². The molecule has 11 heteroatoms. The van der Waals surface area contributed by atoms with Gasteiger partial charge in [0.25, 0.3) is 0 Å². The Morgan fingerprint density at radius 2 is 1.89 bits per heavy atom. The molecule has 5 rings (SSSR count). The van der Waals surface area contributed by atoms with E-state index in [0.717, 1.165) is 40.0 Å². The molecule has 0 N–H and O–H groups in total. The van der Waals surface area contributed by atoms with E-state index < -0.39 is 0 Å². The van der Waals surface area contributed by atoms with Gasteiger partial charge in [0.15, 0.2) is 5.82 Å². The Balaban J connectivity index is 1.71. The van der Waals surface area contributed by atoms with Gasteiger partial charge in [0.2, 0.25) is 5.88 Å². The maximum absolute atomic E-state index is 5.55. The summed E-state index contributed by atoms with van der Waals surface area (Å²) >= 11 is 0. The SMILES string of the molecule is CCC(c1cn(-c2ccccc2)nn1)n1cc(-c2cncnc2OC)c2c(/N=C/N(C)C)ncnc21. The van der Waals surface area contributed by atoms with E-state index in [1.54, 1.807) is 24.3 Å². The summed E-state index contributed by atoms with van der Waals surface area (Å²) in [4.78, 5) is 24.1. The van der Waals surface area contributed by atoms with Gasteiger partial charge in [-0.05, 0) is 18.6 Å². The van der Waals surface area contributed by atoms with Gasteiger partial charge in [0.05, 0.1) is 42.3 Å². The normalized spacial score (nSPS) is 12.3. The highest BCUT2D eigenvalue weighted by molar-refractivity contribution is 6.02. The molecule has 0 aliphatic rings. The quantitative estimate of drug-likeness (QED) is 0.243. The van der Waals surface area contributed by atoms with E-state index in [0.29, 0.717) is 11.7 Å². The van der Waals surface area contributed by atoms with Crippen LogP contribution in [0.25, 0.3) is 27.8 Å². The Bertz CT molecular complexity index is 1510. The Labute approximate surface area is 208 Å². The monoisotopic (exact) mass is 482 g/mol. The Kier molecular flexibility index (Phi) is 6.35. The minimum absolute atomic E-state index is 0.130. The molecule has 1 aromatic carbocycles. The number of ether oxygens (including phenoxy) is 1. The predicted molar refractivity (Wildman–Crippen MR) is 137 cm³/mol. The first-order valence-electron chi connectivity index (χ1n) is 11.5. The summed E-state index contributed by atoms with van der Waals surface area (Å²) in [5.41, 5.74) is 4.03. The van der Waals surface area contributed by atoms with E-state index in [2.05, 4.69) is 46.7 Å². The molecular weight excluding hydrogens is 456 g/mol. The third-order valence-electron chi connectivity index (χ3n) is 5.76. The lowest BCUT2D eigenvalue weighted by Gasteiger charge is -2.15. The molecule has 0 aliphatic heterocycles. The highest BCUT2D eigenvalue weighted by atomic mass is 16.5. The van der Waals surface area contributed by atoms with Gasteiger partial charge >= 0.3 is 0 Å². The first kappa shape index (κ1) is 23.1. The van der Waals surface area contributed by atoms with Gasteiger partial charge in [-0.3, -0.25) is 0 Å². The molecule has 1 unspecified atom stereocenters. The van der Waals surface area contributed by atoms with Crippen LogP contribution in [0, 0.1) is 0 Å². The fourth-order valence-corrected chi connectivity index (χ4v) is 4.13. The second kappa shape index (κ2) is 9.90. The van der Waals surface area contributed by atoms with Crippen LogP contribution in [-0.4, -0.2) is 71.9 Å². The van der Waals surface area contributed by atoms with Crippen molar-refractivity contribution >= 4 is 23.2 Å². The van der Waals surface area contributed by atoms with Crippen molar-refractivity contribution in [3.8, 4) is 22.7 Å². The van der Waals surface area contributed by atoms with Crippen molar-refractivity contribution in [2.24, 2.45) is 4.99 Å². The lowest BCUT2D eigenvalue weighted by Crippen LogP contribution is -2.10. The molecule has 0 saturated heterocycles.